The first-order chi connectivity index (χ1) is 6.81. The lowest BCUT2D eigenvalue weighted by Gasteiger charge is -2.22. The number of hydrogen-bond acceptors (Lipinski definition) is 2. The molecule has 1 aliphatic heterocycles. The third kappa shape index (κ3) is 1.75. The molecule has 1 unspecified atom stereocenters. The molecule has 0 amide bonds. The van der Waals surface area contributed by atoms with Crippen molar-refractivity contribution in [1.29, 1.82) is 0 Å². The molecule has 0 aliphatic carbocycles. The summed E-state index contributed by atoms with van der Waals surface area (Å²) in [4.78, 5) is 16.4. The van der Waals surface area contributed by atoms with Crippen molar-refractivity contribution in [3.63, 3.8) is 0 Å². The number of rotatable bonds is 3. The van der Waals surface area contributed by atoms with Gasteiger partial charge in [-0.3, -0.25) is 9.47 Å². The highest BCUT2D eigenvalue weighted by molar-refractivity contribution is 4.83. The van der Waals surface area contributed by atoms with Crippen molar-refractivity contribution in [3.8, 4) is 0 Å². The van der Waals surface area contributed by atoms with Gasteiger partial charge in [0.25, 0.3) is 0 Å². The van der Waals surface area contributed by atoms with Crippen molar-refractivity contribution >= 4 is 0 Å². The fraction of sp³-hybridized carbons (Fsp3) is 0.700. The second-order valence-corrected chi connectivity index (χ2v) is 3.84. The van der Waals surface area contributed by atoms with E-state index < -0.39 is 0 Å². The van der Waals surface area contributed by atoms with Crippen LogP contribution in [0.5, 0.6) is 0 Å². The highest BCUT2D eigenvalue weighted by atomic mass is 16.1. The molecule has 78 valence electrons. The van der Waals surface area contributed by atoms with Gasteiger partial charge in [0.2, 0.25) is 0 Å². The normalized spacial score (nSPS) is 23.1. The van der Waals surface area contributed by atoms with Crippen LogP contribution in [0.25, 0.3) is 0 Å². The molecule has 1 atom stereocenters. The number of nitrogens with zero attached hydrogens (tertiary/aromatic N) is 2. The second kappa shape index (κ2) is 4.00. The van der Waals surface area contributed by atoms with Gasteiger partial charge in [-0.25, -0.2) is 4.79 Å². The summed E-state index contributed by atoms with van der Waals surface area (Å²) in [6, 6.07) is 0.550. The number of nitrogens with one attached hydrogen (secondary N) is 1. The predicted molar refractivity (Wildman–Crippen MR) is 55.3 cm³/mol. The number of aromatic amines is 1. The summed E-state index contributed by atoms with van der Waals surface area (Å²) in [5.74, 6) is 0. The van der Waals surface area contributed by atoms with Gasteiger partial charge in [0.1, 0.15) is 0 Å². The van der Waals surface area contributed by atoms with E-state index in [0.29, 0.717) is 6.04 Å². The molecular weight excluding hydrogens is 178 g/mol. The quantitative estimate of drug-likeness (QED) is 0.769. The van der Waals surface area contributed by atoms with Gasteiger partial charge in [-0.1, -0.05) is 6.92 Å². The molecule has 0 spiro atoms. The maximum atomic E-state index is 11.3. The summed E-state index contributed by atoms with van der Waals surface area (Å²) in [6.07, 6.45) is 6.01. The Morgan fingerprint density at radius 3 is 3.14 bits per heavy atom. The Kier molecular flexibility index (Phi) is 2.72. The zero-order valence-electron chi connectivity index (χ0n) is 8.57. The van der Waals surface area contributed by atoms with E-state index in [0.717, 1.165) is 13.1 Å². The van der Waals surface area contributed by atoms with E-state index in [1.54, 1.807) is 10.8 Å². The molecule has 0 aromatic carbocycles. The fourth-order valence-corrected chi connectivity index (χ4v) is 2.24. The molecule has 1 aromatic heterocycles. The number of imidazole rings is 1. The van der Waals surface area contributed by atoms with Crippen LogP contribution in [0.4, 0.5) is 0 Å². The first-order valence-corrected chi connectivity index (χ1v) is 5.29. The average Bonchev–Trinajstić information content (AvgIpc) is 2.77. The minimum Gasteiger partial charge on any atom is -0.313 e. The van der Waals surface area contributed by atoms with Gasteiger partial charge in [0.15, 0.2) is 0 Å². The molecule has 4 nitrogen and oxygen atoms in total. The number of hydrogen-bond donors (Lipinski definition) is 1. The van der Waals surface area contributed by atoms with Crippen LogP contribution in [-0.2, 0) is 6.54 Å². The lowest BCUT2D eigenvalue weighted by atomic mass is 10.2. The van der Waals surface area contributed by atoms with E-state index in [1.807, 2.05) is 6.20 Å². The van der Waals surface area contributed by atoms with Gasteiger partial charge < -0.3 is 4.98 Å². The van der Waals surface area contributed by atoms with E-state index in [-0.39, 0.29) is 5.69 Å². The number of likely N-dealkylation sites (tertiary alicyclic amines) is 1. The average molecular weight is 195 g/mol. The molecule has 1 aromatic rings. The molecule has 4 heteroatoms. The second-order valence-electron chi connectivity index (χ2n) is 3.84. The predicted octanol–water partition coefficient (Wildman–Crippen LogP) is 0.661. The number of likely N-dealkylation sites (N-methyl/N-ethyl adjacent to an activating group) is 1. The molecule has 14 heavy (non-hydrogen) atoms. The van der Waals surface area contributed by atoms with E-state index in [9.17, 15) is 4.79 Å². The third-order valence-corrected chi connectivity index (χ3v) is 3.03. The van der Waals surface area contributed by atoms with Crippen LogP contribution in [0.2, 0.25) is 0 Å². The third-order valence-electron chi connectivity index (χ3n) is 3.03. The molecule has 1 N–H and O–H groups in total. The summed E-state index contributed by atoms with van der Waals surface area (Å²) < 4.78 is 1.76. The Bertz CT molecular complexity index is 341. The Hall–Kier alpha value is -1.03. The van der Waals surface area contributed by atoms with E-state index >= 15 is 0 Å². The van der Waals surface area contributed by atoms with Crippen molar-refractivity contribution < 1.29 is 0 Å². The van der Waals surface area contributed by atoms with E-state index in [2.05, 4.69) is 16.8 Å². The molecular formula is C10H17N3O. The zero-order chi connectivity index (χ0) is 9.97. The maximum Gasteiger partial charge on any atom is 0.325 e. The van der Waals surface area contributed by atoms with Gasteiger partial charge in [-0.15, -0.1) is 0 Å². The van der Waals surface area contributed by atoms with Crippen LogP contribution >= 0.6 is 0 Å². The van der Waals surface area contributed by atoms with Crippen molar-refractivity contribution in [3.05, 3.63) is 22.9 Å². The first kappa shape index (κ1) is 9.52. The molecule has 2 rings (SSSR count). The summed E-state index contributed by atoms with van der Waals surface area (Å²) in [7, 11) is 0. The van der Waals surface area contributed by atoms with Crippen LogP contribution in [-0.4, -0.2) is 33.6 Å². The minimum atomic E-state index is 0.00736. The van der Waals surface area contributed by atoms with Gasteiger partial charge in [0, 0.05) is 25.0 Å². The van der Waals surface area contributed by atoms with Gasteiger partial charge in [-0.05, 0) is 25.9 Å². The monoisotopic (exact) mass is 195 g/mol. The Morgan fingerprint density at radius 1 is 1.64 bits per heavy atom. The van der Waals surface area contributed by atoms with Crippen LogP contribution in [0.15, 0.2) is 17.2 Å². The molecule has 0 bridgehead atoms. The molecule has 2 heterocycles. The highest BCUT2D eigenvalue weighted by Crippen LogP contribution is 2.17. The van der Waals surface area contributed by atoms with E-state index in [1.165, 1.54) is 19.4 Å². The van der Waals surface area contributed by atoms with Gasteiger partial charge in [-0.2, -0.15) is 0 Å². The highest BCUT2D eigenvalue weighted by Gasteiger charge is 2.23. The van der Waals surface area contributed by atoms with Crippen LogP contribution in [0, 0.1) is 0 Å². The Balaban J connectivity index is 2.04. The topological polar surface area (TPSA) is 41.0 Å². The molecule has 0 saturated carbocycles. The molecule has 1 fully saturated rings. The molecule has 1 aliphatic rings. The van der Waals surface area contributed by atoms with Crippen LogP contribution < -0.4 is 5.69 Å². The standard InChI is InChI=1S/C10H17N3O/c1-2-12-6-3-4-9(12)8-13-7-5-11-10(13)14/h5,7,9H,2-4,6,8H2,1H3,(H,11,14). The maximum absolute atomic E-state index is 11.3. The fourth-order valence-electron chi connectivity index (χ4n) is 2.24. The number of H-pyrrole nitrogens is 1. The van der Waals surface area contributed by atoms with Crippen molar-refractivity contribution in [2.75, 3.05) is 13.1 Å². The Labute approximate surface area is 83.5 Å². The SMILES string of the molecule is CCN1CCCC1Cn1cc[nH]c1=O. The lowest BCUT2D eigenvalue weighted by Crippen LogP contribution is -2.35. The minimum absolute atomic E-state index is 0.00736. The van der Waals surface area contributed by atoms with Crippen LogP contribution in [0.3, 0.4) is 0 Å². The summed E-state index contributed by atoms with van der Waals surface area (Å²) in [5, 5.41) is 0. The summed E-state index contributed by atoms with van der Waals surface area (Å²) in [6.45, 7) is 5.28. The largest absolute Gasteiger partial charge is 0.325 e. The smallest absolute Gasteiger partial charge is 0.313 e. The van der Waals surface area contributed by atoms with Crippen molar-refractivity contribution in [2.45, 2.75) is 32.4 Å². The van der Waals surface area contributed by atoms with Gasteiger partial charge in [0.05, 0.1) is 0 Å². The molecule has 0 radical (unpaired) electrons. The van der Waals surface area contributed by atoms with Crippen molar-refractivity contribution in [2.24, 2.45) is 0 Å². The molecule has 1 saturated heterocycles. The Morgan fingerprint density at radius 2 is 2.50 bits per heavy atom. The van der Waals surface area contributed by atoms with E-state index in [4.69, 9.17) is 0 Å². The number of aromatic nitrogens is 2. The van der Waals surface area contributed by atoms with Gasteiger partial charge >= 0.3 is 5.69 Å². The van der Waals surface area contributed by atoms with Crippen molar-refractivity contribution in [1.82, 2.24) is 14.5 Å². The van der Waals surface area contributed by atoms with Crippen LogP contribution in [0.1, 0.15) is 19.8 Å². The summed E-state index contributed by atoms with van der Waals surface area (Å²) >= 11 is 0. The summed E-state index contributed by atoms with van der Waals surface area (Å²) in [5.41, 5.74) is 0.00736. The zero-order valence-corrected chi connectivity index (χ0v) is 8.57. The first-order valence-electron chi connectivity index (χ1n) is 5.29. The lowest BCUT2D eigenvalue weighted by molar-refractivity contribution is 0.243.